The fourth-order valence-electron chi connectivity index (χ4n) is 2.97. The van der Waals surface area contributed by atoms with Crippen molar-refractivity contribution in [3.63, 3.8) is 0 Å². The highest BCUT2D eigenvalue weighted by Gasteiger charge is 2.10. The summed E-state index contributed by atoms with van der Waals surface area (Å²) in [7, 11) is 2.15. The summed E-state index contributed by atoms with van der Waals surface area (Å²) in [5.74, 6) is 1.53. The van der Waals surface area contributed by atoms with Crippen molar-refractivity contribution in [3.05, 3.63) is 82.8 Å². The van der Waals surface area contributed by atoms with E-state index in [-0.39, 0.29) is 0 Å². The first-order chi connectivity index (χ1) is 12.5. The molecule has 1 nitrogen and oxygen atoms in total. The Labute approximate surface area is 159 Å². The normalized spacial score (nSPS) is 14.5. The molecule has 0 saturated carbocycles. The zero-order valence-corrected chi connectivity index (χ0v) is 16.9. The molecule has 3 rings (SSSR count). The fourth-order valence-corrected chi connectivity index (χ4v) is 2.97. The first-order valence-corrected chi connectivity index (χ1v) is 9.77. The lowest BCUT2D eigenvalue weighted by molar-refractivity contribution is 0.503. The van der Waals surface area contributed by atoms with E-state index in [1.807, 2.05) is 0 Å². The van der Waals surface area contributed by atoms with Crippen molar-refractivity contribution in [2.45, 2.75) is 34.1 Å². The molecule has 0 fully saturated rings. The van der Waals surface area contributed by atoms with Gasteiger partial charge in [0.25, 0.3) is 0 Å². The minimum Gasteiger partial charge on any atom is -0.370 e. The van der Waals surface area contributed by atoms with Crippen molar-refractivity contribution in [3.8, 4) is 0 Å². The lowest BCUT2D eigenvalue weighted by Gasteiger charge is -2.24. The standard InChI is InChI=1S/C16H15N.C9H18/c1-17-12-11-13-7-5-6-10-15(13)16(17)14-8-3-2-4-9-14;1-5-6-7-9(4)8(2)3/h2-11H,12H2,1H3;6-9H,5H2,1-4H3/t;9-/m.0/s1. The van der Waals surface area contributed by atoms with E-state index in [0.29, 0.717) is 0 Å². The predicted octanol–water partition coefficient (Wildman–Crippen LogP) is 4.81. The van der Waals surface area contributed by atoms with Gasteiger partial charge in [-0.25, -0.2) is 0 Å². The summed E-state index contributed by atoms with van der Waals surface area (Å²) in [6.45, 7) is 9.91. The number of benzene rings is 2. The topological polar surface area (TPSA) is 3.24 Å². The molecule has 2 aromatic rings. The SMILES string of the molecule is CCC=C[C@H](C)C(C)C.CN1CC=c2ccccc2=C1c1ccccc1. The van der Waals surface area contributed by atoms with Gasteiger partial charge < -0.3 is 4.90 Å². The lowest BCUT2D eigenvalue weighted by atomic mass is 9.98. The highest BCUT2D eigenvalue weighted by molar-refractivity contribution is 5.66. The van der Waals surface area contributed by atoms with Gasteiger partial charge in [0.15, 0.2) is 0 Å². The van der Waals surface area contributed by atoms with Gasteiger partial charge in [0.1, 0.15) is 0 Å². The highest BCUT2D eigenvalue weighted by Crippen LogP contribution is 2.15. The third kappa shape index (κ3) is 5.36. The third-order valence-electron chi connectivity index (χ3n) is 4.96. The third-order valence-corrected chi connectivity index (χ3v) is 4.96. The zero-order valence-electron chi connectivity index (χ0n) is 16.9. The van der Waals surface area contributed by atoms with Crippen LogP contribution in [0.5, 0.6) is 0 Å². The van der Waals surface area contributed by atoms with Gasteiger partial charge >= 0.3 is 0 Å². The molecule has 0 bridgehead atoms. The molecule has 0 unspecified atom stereocenters. The Balaban J connectivity index is 0.000000232. The molecule has 26 heavy (non-hydrogen) atoms. The maximum atomic E-state index is 2.30. The summed E-state index contributed by atoms with van der Waals surface area (Å²) < 4.78 is 0. The lowest BCUT2D eigenvalue weighted by Crippen LogP contribution is -2.38. The molecule has 0 saturated heterocycles. The summed E-state index contributed by atoms with van der Waals surface area (Å²) in [6, 6.07) is 19.2. The maximum absolute atomic E-state index is 2.30. The molecule has 1 atom stereocenters. The second-order valence-electron chi connectivity index (χ2n) is 7.33. The molecule has 0 aliphatic carbocycles. The van der Waals surface area contributed by atoms with Crippen LogP contribution in [0, 0.1) is 11.8 Å². The van der Waals surface area contributed by atoms with Gasteiger partial charge in [-0.2, -0.15) is 0 Å². The number of rotatable bonds is 4. The molecule has 0 radical (unpaired) electrons. The highest BCUT2D eigenvalue weighted by atomic mass is 15.1. The molecule has 138 valence electrons. The van der Waals surface area contributed by atoms with Gasteiger partial charge in [0, 0.05) is 18.8 Å². The van der Waals surface area contributed by atoms with Crippen LogP contribution in [-0.4, -0.2) is 18.5 Å². The van der Waals surface area contributed by atoms with E-state index in [1.54, 1.807) is 0 Å². The Morgan fingerprint density at radius 3 is 2.27 bits per heavy atom. The van der Waals surface area contributed by atoms with E-state index in [9.17, 15) is 0 Å². The molecule has 1 heterocycles. The van der Waals surface area contributed by atoms with Crippen LogP contribution < -0.4 is 10.4 Å². The number of hydrogen-bond donors (Lipinski definition) is 0. The van der Waals surface area contributed by atoms with E-state index in [4.69, 9.17) is 0 Å². The van der Waals surface area contributed by atoms with Crippen molar-refractivity contribution in [1.82, 2.24) is 4.90 Å². The van der Waals surface area contributed by atoms with Crippen LogP contribution in [0.2, 0.25) is 0 Å². The van der Waals surface area contributed by atoms with Crippen molar-refractivity contribution in [2.75, 3.05) is 13.6 Å². The predicted molar refractivity (Wildman–Crippen MR) is 115 cm³/mol. The molecular formula is C25H33N. The number of fused-ring (bicyclic) bond motifs is 1. The van der Waals surface area contributed by atoms with E-state index in [1.165, 1.54) is 21.7 Å². The van der Waals surface area contributed by atoms with Crippen LogP contribution >= 0.6 is 0 Å². The second kappa shape index (κ2) is 10.0. The van der Waals surface area contributed by atoms with Gasteiger partial charge in [-0.3, -0.25) is 0 Å². The quantitative estimate of drug-likeness (QED) is 0.717. The van der Waals surface area contributed by atoms with Crippen molar-refractivity contribution < 1.29 is 0 Å². The average molecular weight is 348 g/mol. The zero-order chi connectivity index (χ0) is 18.9. The molecule has 1 heteroatoms. The molecule has 1 aliphatic rings. The Morgan fingerprint density at radius 2 is 1.62 bits per heavy atom. The Kier molecular flexibility index (Phi) is 7.72. The summed E-state index contributed by atoms with van der Waals surface area (Å²) in [5, 5.41) is 2.66. The molecule has 0 spiro atoms. The van der Waals surface area contributed by atoms with E-state index in [0.717, 1.165) is 24.8 Å². The van der Waals surface area contributed by atoms with Crippen LogP contribution in [0.4, 0.5) is 0 Å². The molecule has 1 aliphatic heterocycles. The molecular weight excluding hydrogens is 314 g/mol. The van der Waals surface area contributed by atoms with Gasteiger partial charge in [0.2, 0.25) is 0 Å². The summed E-state index contributed by atoms with van der Waals surface area (Å²) in [6.07, 6.45) is 7.98. The van der Waals surface area contributed by atoms with Crippen LogP contribution in [0.1, 0.15) is 39.7 Å². The van der Waals surface area contributed by atoms with Gasteiger partial charge in [-0.15, -0.1) is 0 Å². The summed E-state index contributed by atoms with van der Waals surface area (Å²) in [5.41, 5.74) is 2.61. The first kappa shape index (κ1) is 20.0. The Bertz CT molecular complexity index is 815. The van der Waals surface area contributed by atoms with Crippen LogP contribution in [0.3, 0.4) is 0 Å². The molecule has 2 aromatic carbocycles. The van der Waals surface area contributed by atoms with Crippen LogP contribution in [0.15, 0.2) is 66.7 Å². The minimum atomic E-state index is 0.741. The fraction of sp³-hybridized carbons (Fsp3) is 0.360. The molecule has 0 N–H and O–H groups in total. The molecule has 0 amide bonds. The first-order valence-electron chi connectivity index (χ1n) is 9.77. The minimum absolute atomic E-state index is 0.741. The Hall–Kier alpha value is -2.28. The number of hydrogen-bond acceptors (Lipinski definition) is 1. The van der Waals surface area contributed by atoms with Crippen molar-refractivity contribution in [2.24, 2.45) is 11.8 Å². The van der Waals surface area contributed by atoms with Gasteiger partial charge in [0.05, 0.1) is 5.70 Å². The van der Waals surface area contributed by atoms with Gasteiger partial charge in [-0.1, -0.05) is 101 Å². The van der Waals surface area contributed by atoms with Crippen molar-refractivity contribution >= 4 is 11.8 Å². The largest absolute Gasteiger partial charge is 0.370 e. The summed E-state index contributed by atoms with van der Waals surface area (Å²) >= 11 is 0. The number of allylic oxidation sites excluding steroid dienone is 2. The van der Waals surface area contributed by atoms with Gasteiger partial charge in [-0.05, 0) is 29.0 Å². The summed E-state index contributed by atoms with van der Waals surface area (Å²) in [4.78, 5) is 2.30. The van der Waals surface area contributed by atoms with Crippen LogP contribution in [0.25, 0.3) is 11.8 Å². The monoisotopic (exact) mass is 347 g/mol. The van der Waals surface area contributed by atoms with Crippen molar-refractivity contribution in [1.29, 1.82) is 0 Å². The van der Waals surface area contributed by atoms with E-state index >= 15 is 0 Å². The second-order valence-corrected chi connectivity index (χ2v) is 7.33. The van der Waals surface area contributed by atoms with E-state index in [2.05, 4.69) is 112 Å². The maximum Gasteiger partial charge on any atom is 0.0519 e. The van der Waals surface area contributed by atoms with E-state index < -0.39 is 0 Å². The smallest absolute Gasteiger partial charge is 0.0519 e. The molecule has 0 aromatic heterocycles. The average Bonchev–Trinajstić information content (AvgIpc) is 2.67. The van der Waals surface area contributed by atoms with Crippen LogP contribution in [-0.2, 0) is 0 Å². The number of nitrogens with zero attached hydrogens (tertiary/aromatic N) is 1. The Morgan fingerprint density at radius 1 is 0.962 bits per heavy atom.